The van der Waals surface area contributed by atoms with Gasteiger partial charge in [0.2, 0.25) is 0 Å². The van der Waals surface area contributed by atoms with E-state index in [1.165, 1.54) is 12.3 Å². The van der Waals surface area contributed by atoms with Crippen molar-refractivity contribution >= 4 is 17.2 Å². The molecule has 4 rings (SSSR count). The van der Waals surface area contributed by atoms with E-state index < -0.39 is 6.61 Å². The summed E-state index contributed by atoms with van der Waals surface area (Å²) in [5.41, 5.74) is 2.64. The van der Waals surface area contributed by atoms with Gasteiger partial charge in [-0.2, -0.15) is 13.9 Å². The van der Waals surface area contributed by atoms with Gasteiger partial charge in [0.25, 0.3) is 0 Å². The highest BCUT2D eigenvalue weighted by molar-refractivity contribution is 6.29. The summed E-state index contributed by atoms with van der Waals surface area (Å²) in [6, 6.07) is 5.05. The van der Waals surface area contributed by atoms with Gasteiger partial charge in [-0.15, -0.1) is 0 Å². The van der Waals surface area contributed by atoms with Crippen LogP contribution in [-0.4, -0.2) is 26.2 Å². The van der Waals surface area contributed by atoms with E-state index in [4.69, 9.17) is 11.6 Å². The molecule has 23 heavy (non-hydrogen) atoms. The van der Waals surface area contributed by atoms with Crippen molar-refractivity contribution in [3.8, 4) is 5.75 Å². The second kappa shape index (κ2) is 5.42. The summed E-state index contributed by atoms with van der Waals surface area (Å²) in [4.78, 5) is 8.54. The number of hydrogen-bond donors (Lipinski definition) is 0. The van der Waals surface area contributed by atoms with Gasteiger partial charge in [-0.05, 0) is 30.5 Å². The number of hydrogen-bond acceptors (Lipinski definition) is 4. The van der Waals surface area contributed by atoms with E-state index >= 15 is 0 Å². The highest BCUT2D eigenvalue weighted by atomic mass is 35.5. The zero-order valence-electron chi connectivity index (χ0n) is 11.7. The van der Waals surface area contributed by atoms with Crippen LogP contribution in [0.3, 0.4) is 0 Å². The van der Waals surface area contributed by atoms with Crippen molar-refractivity contribution in [1.82, 2.24) is 19.6 Å². The normalized spacial score (nSPS) is 20.2. The maximum atomic E-state index is 12.2. The van der Waals surface area contributed by atoms with Crippen molar-refractivity contribution in [1.29, 1.82) is 0 Å². The fraction of sp³-hybridized carbons (Fsp3) is 0.267. The Labute approximate surface area is 134 Å². The zero-order valence-corrected chi connectivity index (χ0v) is 12.5. The van der Waals surface area contributed by atoms with Crippen LogP contribution in [0.1, 0.15) is 29.5 Å². The zero-order chi connectivity index (χ0) is 16.0. The average molecular weight is 337 g/mol. The van der Waals surface area contributed by atoms with Gasteiger partial charge >= 0.3 is 6.61 Å². The van der Waals surface area contributed by atoms with E-state index in [2.05, 4.69) is 19.8 Å². The summed E-state index contributed by atoms with van der Waals surface area (Å²) in [6.07, 6.45) is 5.65. The van der Waals surface area contributed by atoms with Crippen LogP contribution in [0.4, 0.5) is 8.78 Å². The predicted octanol–water partition coefficient (Wildman–Crippen LogP) is 3.65. The van der Waals surface area contributed by atoms with Crippen molar-refractivity contribution in [3.05, 3.63) is 53.2 Å². The first-order chi connectivity index (χ1) is 11.1. The first-order valence-corrected chi connectivity index (χ1v) is 7.40. The van der Waals surface area contributed by atoms with E-state index in [9.17, 15) is 8.78 Å². The molecule has 1 aliphatic rings. The molecule has 0 amide bonds. The molecule has 2 atom stereocenters. The van der Waals surface area contributed by atoms with Crippen LogP contribution < -0.4 is 4.74 Å². The van der Waals surface area contributed by atoms with Gasteiger partial charge in [0.05, 0.1) is 6.20 Å². The minimum absolute atomic E-state index is 0.0588. The maximum absolute atomic E-state index is 12.2. The number of alkyl halides is 2. The van der Waals surface area contributed by atoms with Gasteiger partial charge < -0.3 is 4.74 Å². The Bertz CT molecular complexity index is 852. The number of rotatable bonds is 4. The summed E-state index contributed by atoms with van der Waals surface area (Å²) in [5.74, 6) is 0.521. The van der Waals surface area contributed by atoms with Crippen molar-refractivity contribution in [2.75, 3.05) is 0 Å². The molecular weight excluding hydrogens is 326 g/mol. The average Bonchev–Trinajstić information content (AvgIpc) is 3.16. The number of pyridine rings is 1. The molecule has 0 radical (unpaired) electrons. The summed E-state index contributed by atoms with van der Waals surface area (Å²) >= 11 is 6.05. The van der Waals surface area contributed by atoms with Crippen LogP contribution >= 0.6 is 11.6 Å². The summed E-state index contributed by atoms with van der Waals surface area (Å²) < 4.78 is 30.3. The van der Waals surface area contributed by atoms with E-state index in [0.717, 1.165) is 23.3 Å². The second-order valence-corrected chi connectivity index (χ2v) is 5.75. The molecule has 3 aromatic rings. The molecule has 118 valence electrons. The molecule has 3 aromatic heterocycles. The van der Waals surface area contributed by atoms with Gasteiger partial charge in [0.1, 0.15) is 10.9 Å². The molecule has 0 aromatic carbocycles. The molecule has 0 aliphatic heterocycles. The lowest BCUT2D eigenvalue weighted by Crippen LogP contribution is -2.02. The predicted molar refractivity (Wildman–Crippen MR) is 79.0 cm³/mol. The van der Waals surface area contributed by atoms with Crippen LogP contribution in [0.25, 0.3) is 5.65 Å². The fourth-order valence-electron chi connectivity index (χ4n) is 2.83. The standard InChI is InChI=1S/C15H11ClF2N4O/c16-13-6-11(14-19-3-4-22(14)21-13)9-5-10(9)12-2-1-8(7-20-12)23-15(17)18/h1-4,6-7,9-10,15H,5H2/t9-,10-/m0/s1. The minimum Gasteiger partial charge on any atom is -0.433 e. The Morgan fingerprint density at radius 1 is 1.26 bits per heavy atom. The van der Waals surface area contributed by atoms with Gasteiger partial charge in [-0.1, -0.05) is 11.6 Å². The van der Waals surface area contributed by atoms with Gasteiger partial charge in [0, 0.05) is 29.6 Å². The SMILES string of the molecule is FC(F)Oc1ccc([C@H]2C[C@@H]2c2cc(Cl)nn3ccnc23)nc1. The highest BCUT2D eigenvalue weighted by Gasteiger charge is 2.42. The Balaban J connectivity index is 1.58. The third kappa shape index (κ3) is 2.72. The van der Waals surface area contributed by atoms with Crippen LogP contribution in [-0.2, 0) is 0 Å². The summed E-state index contributed by atoms with van der Waals surface area (Å²) in [6.45, 7) is -2.84. The molecule has 5 nitrogen and oxygen atoms in total. The van der Waals surface area contributed by atoms with Crippen molar-refractivity contribution in [3.63, 3.8) is 0 Å². The molecule has 0 saturated heterocycles. The monoisotopic (exact) mass is 336 g/mol. The third-order valence-electron chi connectivity index (χ3n) is 3.91. The van der Waals surface area contributed by atoms with Crippen LogP contribution in [0.2, 0.25) is 5.15 Å². The molecule has 0 bridgehead atoms. The molecular formula is C15H11ClF2N4O. The van der Waals surface area contributed by atoms with Gasteiger partial charge in [0.15, 0.2) is 5.65 Å². The largest absolute Gasteiger partial charge is 0.433 e. The fourth-order valence-corrected chi connectivity index (χ4v) is 3.03. The number of ether oxygens (including phenoxy) is 1. The molecule has 0 spiro atoms. The molecule has 1 aliphatic carbocycles. The lowest BCUT2D eigenvalue weighted by molar-refractivity contribution is -0.0500. The number of fused-ring (bicyclic) bond motifs is 1. The molecule has 8 heteroatoms. The van der Waals surface area contributed by atoms with Crippen LogP contribution in [0.15, 0.2) is 36.8 Å². The smallest absolute Gasteiger partial charge is 0.387 e. The quantitative estimate of drug-likeness (QED) is 0.729. The van der Waals surface area contributed by atoms with E-state index in [-0.39, 0.29) is 17.6 Å². The first-order valence-electron chi connectivity index (χ1n) is 7.02. The number of nitrogens with zero attached hydrogens (tertiary/aromatic N) is 4. The minimum atomic E-state index is -2.84. The lowest BCUT2D eigenvalue weighted by atomic mass is 10.1. The van der Waals surface area contributed by atoms with E-state index in [1.54, 1.807) is 23.0 Å². The van der Waals surface area contributed by atoms with Crippen molar-refractivity contribution < 1.29 is 13.5 Å². The van der Waals surface area contributed by atoms with E-state index in [0.29, 0.717) is 5.15 Å². The maximum Gasteiger partial charge on any atom is 0.387 e. The Morgan fingerprint density at radius 3 is 2.87 bits per heavy atom. The first kappa shape index (κ1) is 14.3. The molecule has 1 fully saturated rings. The Kier molecular flexibility index (Phi) is 3.37. The lowest BCUT2D eigenvalue weighted by Gasteiger charge is -2.06. The van der Waals surface area contributed by atoms with Gasteiger partial charge in [-0.3, -0.25) is 4.98 Å². The Hall–Kier alpha value is -2.28. The summed E-state index contributed by atoms with van der Waals surface area (Å²) in [7, 11) is 0. The van der Waals surface area contributed by atoms with Gasteiger partial charge in [-0.25, -0.2) is 9.50 Å². The molecule has 3 heterocycles. The van der Waals surface area contributed by atoms with E-state index in [1.807, 2.05) is 6.07 Å². The third-order valence-corrected chi connectivity index (χ3v) is 4.10. The summed E-state index contributed by atoms with van der Waals surface area (Å²) in [5, 5.41) is 4.57. The number of aromatic nitrogens is 4. The highest BCUT2D eigenvalue weighted by Crippen LogP contribution is 2.55. The van der Waals surface area contributed by atoms with Crippen LogP contribution in [0, 0.1) is 0 Å². The topological polar surface area (TPSA) is 52.3 Å². The molecule has 0 N–H and O–H groups in total. The van der Waals surface area contributed by atoms with Crippen LogP contribution in [0.5, 0.6) is 5.75 Å². The Morgan fingerprint density at radius 2 is 2.13 bits per heavy atom. The van der Waals surface area contributed by atoms with Crippen molar-refractivity contribution in [2.45, 2.75) is 24.9 Å². The number of halogens is 3. The second-order valence-electron chi connectivity index (χ2n) is 5.36. The number of imidazole rings is 1. The molecule has 0 unspecified atom stereocenters. The van der Waals surface area contributed by atoms with Crippen molar-refractivity contribution in [2.24, 2.45) is 0 Å². The molecule has 1 saturated carbocycles.